The molecule has 2 saturated heterocycles. The van der Waals surface area contributed by atoms with Crippen LogP contribution in [0, 0.1) is 0 Å². The van der Waals surface area contributed by atoms with E-state index in [4.69, 9.17) is 9.47 Å². The van der Waals surface area contributed by atoms with Crippen LogP contribution in [0.4, 0.5) is 0 Å². The fourth-order valence-electron chi connectivity index (χ4n) is 3.98. The van der Waals surface area contributed by atoms with E-state index in [2.05, 4.69) is 36.0 Å². The van der Waals surface area contributed by atoms with E-state index in [1.807, 2.05) is 12.1 Å². The molecular weight excluding hydrogens is 288 g/mol. The summed E-state index contributed by atoms with van der Waals surface area (Å²) in [5.41, 5.74) is 1.39. The molecule has 1 aromatic rings. The maximum Gasteiger partial charge on any atom is 0.123 e. The van der Waals surface area contributed by atoms with Crippen LogP contribution in [0.2, 0.25) is 0 Å². The Hall–Kier alpha value is -1.10. The molecule has 2 aliphatic heterocycles. The molecule has 0 aliphatic carbocycles. The van der Waals surface area contributed by atoms with Crippen molar-refractivity contribution in [1.82, 2.24) is 9.80 Å². The normalized spacial score (nSPS) is 25.0. The van der Waals surface area contributed by atoms with Crippen molar-refractivity contribution >= 4 is 0 Å². The molecule has 1 spiro atoms. The van der Waals surface area contributed by atoms with Gasteiger partial charge in [-0.15, -0.1) is 0 Å². The molecule has 0 N–H and O–H groups in total. The summed E-state index contributed by atoms with van der Waals surface area (Å²) in [6.45, 7) is 4.10. The highest BCUT2D eigenvalue weighted by atomic mass is 16.5. The molecule has 2 heterocycles. The summed E-state index contributed by atoms with van der Waals surface area (Å²) in [5.74, 6) is 0.995. The van der Waals surface area contributed by atoms with Crippen molar-refractivity contribution in [3.63, 3.8) is 0 Å². The van der Waals surface area contributed by atoms with Crippen molar-refractivity contribution in [2.24, 2.45) is 0 Å². The van der Waals surface area contributed by atoms with Gasteiger partial charge in [0.25, 0.3) is 0 Å². The fourth-order valence-corrected chi connectivity index (χ4v) is 3.98. The van der Waals surface area contributed by atoms with E-state index in [1.165, 1.54) is 18.4 Å². The van der Waals surface area contributed by atoms with Crippen molar-refractivity contribution in [2.75, 3.05) is 40.9 Å². The minimum absolute atomic E-state index is 0.116. The van der Waals surface area contributed by atoms with E-state index in [0.717, 1.165) is 44.8 Å². The highest BCUT2D eigenvalue weighted by molar-refractivity contribution is 5.33. The lowest BCUT2D eigenvalue weighted by molar-refractivity contribution is -0.130. The van der Waals surface area contributed by atoms with Crippen LogP contribution in [0.3, 0.4) is 0 Å². The van der Waals surface area contributed by atoms with E-state index < -0.39 is 0 Å². The van der Waals surface area contributed by atoms with Crippen molar-refractivity contribution < 1.29 is 9.47 Å². The maximum atomic E-state index is 6.25. The molecule has 1 unspecified atom stereocenters. The van der Waals surface area contributed by atoms with Gasteiger partial charge in [0.15, 0.2) is 0 Å². The van der Waals surface area contributed by atoms with E-state index in [1.54, 1.807) is 7.11 Å². The Balaban J connectivity index is 1.58. The summed E-state index contributed by atoms with van der Waals surface area (Å²) in [4.78, 5) is 4.90. The van der Waals surface area contributed by atoms with Crippen molar-refractivity contribution in [3.8, 4) is 5.75 Å². The number of likely N-dealkylation sites (tertiary alicyclic amines) is 1. The van der Waals surface area contributed by atoms with Crippen LogP contribution in [-0.2, 0) is 11.3 Å². The van der Waals surface area contributed by atoms with Crippen LogP contribution in [0.1, 0.15) is 31.2 Å². The predicted molar refractivity (Wildman–Crippen MR) is 92.9 cm³/mol. The molecule has 4 heteroatoms. The number of rotatable bonds is 4. The smallest absolute Gasteiger partial charge is 0.123 e. The van der Waals surface area contributed by atoms with E-state index in [0.29, 0.717) is 6.04 Å². The SMILES string of the molecule is COc1ccccc1CN1CCC2(CC1)CC(N(C)C)CCO2. The third-order valence-corrected chi connectivity index (χ3v) is 5.55. The first-order valence-corrected chi connectivity index (χ1v) is 8.76. The largest absolute Gasteiger partial charge is 0.496 e. The Labute approximate surface area is 140 Å². The third-order valence-electron chi connectivity index (χ3n) is 5.55. The molecule has 23 heavy (non-hydrogen) atoms. The van der Waals surface area contributed by atoms with Gasteiger partial charge >= 0.3 is 0 Å². The topological polar surface area (TPSA) is 24.9 Å². The minimum Gasteiger partial charge on any atom is -0.496 e. The molecule has 0 saturated carbocycles. The molecule has 3 rings (SSSR count). The number of piperidine rings is 1. The second-order valence-electron chi connectivity index (χ2n) is 7.23. The Morgan fingerprint density at radius 3 is 2.70 bits per heavy atom. The van der Waals surface area contributed by atoms with Crippen LogP contribution in [-0.4, -0.2) is 62.3 Å². The molecule has 1 aromatic carbocycles. The number of methoxy groups -OCH3 is 1. The van der Waals surface area contributed by atoms with Crippen molar-refractivity contribution in [2.45, 2.75) is 43.9 Å². The first-order valence-electron chi connectivity index (χ1n) is 8.76. The Bertz CT molecular complexity index is 510. The number of para-hydroxylation sites is 1. The molecule has 0 radical (unpaired) electrons. The van der Waals surface area contributed by atoms with Gasteiger partial charge in [-0.3, -0.25) is 4.90 Å². The summed E-state index contributed by atoms with van der Waals surface area (Å²) in [7, 11) is 6.14. The van der Waals surface area contributed by atoms with Gasteiger partial charge in [0.1, 0.15) is 5.75 Å². The van der Waals surface area contributed by atoms with Gasteiger partial charge in [0, 0.05) is 37.8 Å². The van der Waals surface area contributed by atoms with Gasteiger partial charge < -0.3 is 14.4 Å². The lowest BCUT2D eigenvalue weighted by Gasteiger charge is -2.47. The molecule has 0 amide bonds. The monoisotopic (exact) mass is 318 g/mol. The molecule has 128 valence electrons. The van der Waals surface area contributed by atoms with Gasteiger partial charge in [-0.25, -0.2) is 0 Å². The maximum absolute atomic E-state index is 6.25. The minimum atomic E-state index is 0.116. The Morgan fingerprint density at radius 2 is 2.00 bits per heavy atom. The summed E-state index contributed by atoms with van der Waals surface area (Å²) in [5, 5.41) is 0. The summed E-state index contributed by atoms with van der Waals surface area (Å²) >= 11 is 0. The quantitative estimate of drug-likeness (QED) is 0.852. The third kappa shape index (κ3) is 3.87. The summed E-state index contributed by atoms with van der Waals surface area (Å²) in [6.07, 6.45) is 4.64. The Morgan fingerprint density at radius 1 is 1.26 bits per heavy atom. The van der Waals surface area contributed by atoms with Crippen molar-refractivity contribution in [1.29, 1.82) is 0 Å². The van der Waals surface area contributed by atoms with Crippen LogP contribution in [0.5, 0.6) is 5.75 Å². The molecule has 2 aliphatic rings. The van der Waals surface area contributed by atoms with E-state index in [-0.39, 0.29) is 5.60 Å². The zero-order valence-electron chi connectivity index (χ0n) is 14.8. The number of benzene rings is 1. The van der Waals surface area contributed by atoms with Crippen LogP contribution in [0.25, 0.3) is 0 Å². The van der Waals surface area contributed by atoms with Crippen LogP contribution in [0.15, 0.2) is 24.3 Å². The number of ether oxygens (including phenoxy) is 2. The number of nitrogens with zero attached hydrogens (tertiary/aromatic N) is 2. The molecule has 2 fully saturated rings. The standard InChI is InChI=1S/C19H30N2O2/c1-20(2)17-8-13-23-19(14-17)9-11-21(12-10-19)15-16-6-4-5-7-18(16)22-3/h4-7,17H,8-15H2,1-3H3. The first-order chi connectivity index (χ1) is 11.1. The van der Waals surface area contributed by atoms with Gasteiger partial charge in [-0.2, -0.15) is 0 Å². The van der Waals surface area contributed by atoms with Gasteiger partial charge in [0.05, 0.1) is 12.7 Å². The number of hydrogen-bond donors (Lipinski definition) is 0. The molecular formula is C19H30N2O2. The summed E-state index contributed by atoms with van der Waals surface area (Å²) in [6, 6.07) is 9.01. The van der Waals surface area contributed by atoms with E-state index >= 15 is 0 Å². The Kier molecular flexibility index (Phi) is 5.24. The highest BCUT2D eigenvalue weighted by Gasteiger charge is 2.40. The van der Waals surface area contributed by atoms with Gasteiger partial charge in [0.2, 0.25) is 0 Å². The zero-order chi connectivity index (χ0) is 16.3. The average molecular weight is 318 g/mol. The molecule has 1 atom stereocenters. The van der Waals surface area contributed by atoms with Crippen LogP contribution < -0.4 is 4.74 Å². The molecule has 0 aromatic heterocycles. The second kappa shape index (κ2) is 7.20. The lowest BCUT2D eigenvalue weighted by Crippen LogP contribution is -2.52. The predicted octanol–water partition coefficient (Wildman–Crippen LogP) is 2.77. The highest BCUT2D eigenvalue weighted by Crippen LogP contribution is 2.36. The van der Waals surface area contributed by atoms with Gasteiger partial charge in [-0.1, -0.05) is 18.2 Å². The molecule has 0 bridgehead atoms. The zero-order valence-corrected chi connectivity index (χ0v) is 14.8. The fraction of sp³-hybridized carbons (Fsp3) is 0.684. The lowest BCUT2D eigenvalue weighted by atomic mass is 9.82. The molecule has 4 nitrogen and oxygen atoms in total. The number of hydrogen-bond acceptors (Lipinski definition) is 4. The first kappa shape index (κ1) is 16.7. The average Bonchev–Trinajstić information content (AvgIpc) is 2.58. The van der Waals surface area contributed by atoms with Crippen molar-refractivity contribution in [3.05, 3.63) is 29.8 Å². The van der Waals surface area contributed by atoms with Crippen LogP contribution >= 0.6 is 0 Å². The second-order valence-corrected chi connectivity index (χ2v) is 7.23. The van der Waals surface area contributed by atoms with E-state index in [9.17, 15) is 0 Å². The summed E-state index contributed by atoms with van der Waals surface area (Å²) < 4.78 is 11.7. The van der Waals surface area contributed by atoms with Gasteiger partial charge in [-0.05, 0) is 45.8 Å².